The van der Waals surface area contributed by atoms with Crippen molar-refractivity contribution in [2.45, 2.75) is 6.42 Å². The molecule has 124 valence electrons. The third-order valence-electron chi connectivity index (χ3n) is 3.31. The summed E-state index contributed by atoms with van der Waals surface area (Å²) in [6.07, 6.45) is 1.84. The Labute approximate surface area is 150 Å². The van der Waals surface area contributed by atoms with Crippen LogP contribution in [0.25, 0.3) is 22.1 Å². The van der Waals surface area contributed by atoms with Gasteiger partial charge in [-0.2, -0.15) is 16.3 Å². The topological polar surface area (TPSA) is 96.5 Å². The van der Waals surface area contributed by atoms with E-state index in [1.165, 1.54) is 11.3 Å². The van der Waals surface area contributed by atoms with E-state index in [4.69, 9.17) is 0 Å². The molecule has 4 aromatic heterocycles. The van der Waals surface area contributed by atoms with Crippen LogP contribution in [0.2, 0.25) is 0 Å². The first-order valence-electron chi connectivity index (χ1n) is 7.38. The second-order valence-electron chi connectivity index (χ2n) is 5.10. The van der Waals surface area contributed by atoms with E-state index in [2.05, 4.69) is 30.5 Å². The molecule has 0 spiro atoms. The molecule has 0 aliphatic carbocycles. The minimum atomic E-state index is -0.214. The largest absolute Gasteiger partial charge is 0.293 e. The molecule has 4 heterocycles. The van der Waals surface area contributed by atoms with Gasteiger partial charge < -0.3 is 0 Å². The summed E-state index contributed by atoms with van der Waals surface area (Å²) in [5, 5.41) is 16.3. The molecule has 0 unspecified atom stereocenters. The number of thiophene rings is 1. The Hall–Kier alpha value is -2.91. The quantitative estimate of drug-likeness (QED) is 0.564. The monoisotopic (exact) mass is 368 g/mol. The van der Waals surface area contributed by atoms with Crippen molar-refractivity contribution in [3.8, 4) is 22.1 Å². The molecule has 0 saturated heterocycles. The summed E-state index contributed by atoms with van der Waals surface area (Å²) in [6, 6.07) is 7.50. The number of hydrogen-bond acceptors (Lipinski definition) is 7. The van der Waals surface area contributed by atoms with Crippen molar-refractivity contribution in [3.05, 3.63) is 52.3 Å². The van der Waals surface area contributed by atoms with E-state index in [0.717, 1.165) is 16.3 Å². The van der Waals surface area contributed by atoms with Crippen LogP contribution in [0.3, 0.4) is 0 Å². The molecule has 9 heteroatoms. The number of nitrogens with zero attached hydrogens (tertiary/aromatic N) is 4. The number of aromatic amines is 1. The van der Waals surface area contributed by atoms with Crippen LogP contribution < -0.4 is 5.32 Å². The predicted octanol–water partition coefficient (Wildman–Crippen LogP) is 3.23. The second kappa shape index (κ2) is 6.91. The maximum Gasteiger partial charge on any atom is 0.249 e. The van der Waals surface area contributed by atoms with Gasteiger partial charge in [-0.15, -0.1) is 16.4 Å². The molecule has 0 bridgehead atoms. The number of hydrogen-bond donors (Lipinski definition) is 2. The molecule has 2 N–H and O–H groups in total. The van der Waals surface area contributed by atoms with Crippen molar-refractivity contribution < 1.29 is 4.79 Å². The highest BCUT2D eigenvalue weighted by atomic mass is 32.1. The van der Waals surface area contributed by atoms with Gasteiger partial charge in [0.25, 0.3) is 0 Å². The lowest BCUT2D eigenvalue weighted by Gasteiger charge is -1.98. The number of amides is 1. The first-order valence-corrected chi connectivity index (χ1v) is 9.21. The average molecular weight is 368 g/mol. The van der Waals surface area contributed by atoms with Crippen LogP contribution in [0.4, 0.5) is 5.95 Å². The molecule has 0 aromatic carbocycles. The third-order valence-corrected chi connectivity index (χ3v) is 4.93. The number of pyridine rings is 1. The number of nitrogens with one attached hydrogen (secondary N) is 2. The maximum atomic E-state index is 12.2. The Balaban J connectivity index is 1.40. The molecule has 0 fully saturated rings. The fraction of sp³-hybridized carbons (Fsp3) is 0.0625. The van der Waals surface area contributed by atoms with Crippen LogP contribution in [-0.4, -0.2) is 31.1 Å². The molecule has 0 radical (unpaired) electrons. The minimum Gasteiger partial charge on any atom is -0.293 e. The summed E-state index contributed by atoms with van der Waals surface area (Å²) < 4.78 is 0. The number of carbonyl (C=O) groups is 1. The standard InChI is InChI=1S/C16H12N6OS2/c23-13(7-11-9-25-15(18-11)10-4-6-24-8-10)19-16-20-14(21-22-16)12-3-1-2-5-17-12/h1-6,8-9H,7H2,(H2,19,20,21,22,23). The van der Waals surface area contributed by atoms with Crippen molar-refractivity contribution in [2.75, 3.05) is 5.32 Å². The third kappa shape index (κ3) is 3.62. The van der Waals surface area contributed by atoms with E-state index in [1.54, 1.807) is 17.5 Å². The van der Waals surface area contributed by atoms with E-state index in [0.29, 0.717) is 11.5 Å². The zero-order valence-electron chi connectivity index (χ0n) is 12.8. The number of anilines is 1. The SMILES string of the molecule is O=C(Cc1csc(-c2ccsc2)n1)Nc1n[nH]c(-c2ccccn2)n1. The lowest BCUT2D eigenvalue weighted by molar-refractivity contribution is -0.115. The first kappa shape index (κ1) is 15.6. The number of H-pyrrole nitrogens is 1. The molecule has 25 heavy (non-hydrogen) atoms. The van der Waals surface area contributed by atoms with Crippen LogP contribution >= 0.6 is 22.7 Å². The zero-order valence-corrected chi connectivity index (χ0v) is 14.5. The van der Waals surface area contributed by atoms with E-state index in [-0.39, 0.29) is 18.3 Å². The van der Waals surface area contributed by atoms with Gasteiger partial charge in [-0.1, -0.05) is 6.07 Å². The van der Waals surface area contributed by atoms with Crippen molar-refractivity contribution in [1.82, 2.24) is 25.1 Å². The van der Waals surface area contributed by atoms with Gasteiger partial charge in [-0.05, 0) is 23.6 Å². The summed E-state index contributed by atoms with van der Waals surface area (Å²) in [5.74, 6) is 0.511. The average Bonchev–Trinajstić information content (AvgIpc) is 3.37. The van der Waals surface area contributed by atoms with Crippen molar-refractivity contribution in [2.24, 2.45) is 0 Å². The molecule has 0 saturated carbocycles. The predicted molar refractivity (Wildman–Crippen MR) is 97.4 cm³/mol. The molecule has 4 aromatic rings. The Morgan fingerprint density at radius 2 is 2.16 bits per heavy atom. The van der Waals surface area contributed by atoms with Crippen molar-refractivity contribution in [3.63, 3.8) is 0 Å². The lowest BCUT2D eigenvalue weighted by atomic mass is 10.3. The molecule has 0 atom stereocenters. The molecular weight excluding hydrogens is 356 g/mol. The van der Waals surface area contributed by atoms with Crippen LogP contribution in [0.5, 0.6) is 0 Å². The van der Waals surface area contributed by atoms with Crippen LogP contribution in [0, 0.1) is 0 Å². The van der Waals surface area contributed by atoms with Crippen LogP contribution in [0.15, 0.2) is 46.6 Å². The van der Waals surface area contributed by atoms with Crippen LogP contribution in [-0.2, 0) is 11.2 Å². The van der Waals surface area contributed by atoms with E-state index in [9.17, 15) is 4.79 Å². The first-order chi connectivity index (χ1) is 12.3. The minimum absolute atomic E-state index is 0.175. The summed E-state index contributed by atoms with van der Waals surface area (Å²) in [7, 11) is 0. The Morgan fingerprint density at radius 3 is 2.96 bits per heavy atom. The zero-order chi connectivity index (χ0) is 17.1. The van der Waals surface area contributed by atoms with E-state index >= 15 is 0 Å². The number of thiazole rings is 1. The Morgan fingerprint density at radius 1 is 1.20 bits per heavy atom. The highest BCUT2D eigenvalue weighted by molar-refractivity contribution is 7.14. The van der Waals surface area contributed by atoms with Gasteiger partial charge >= 0.3 is 0 Å². The molecular formula is C16H12N6OS2. The summed E-state index contributed by atoms with van der Waals surface area (Å²) in [5.41, 5.74) is 2.47. The Kier molecular flexibility index (Phi) is 4.32. The van der Waals surface area contributed by atoms with Gasteiger partial charge in [0.05, 0.1) is 12.1 Å². The molecule has 1 amide bonds. The van der Waals surface area contributed by atoms with E-state index < -0.39 is 0 Å². The number of aromatic nitrogens is 5. The van der Waals surface area contributed by atoms with Gasteiger partial charge in [-0.25, -0.2) is 4.98 Å². The van der Waals surface area contributed by atoms with Crippen molar-refractivity contribution >= 4 is 34.5 Å². The molecule has 4 rings (SSSR count). The molecule has 0 aliphatic rings. The Bertz CT molecular complexity index is 977. The lowest BCUT2D eigenvalue weighted by Crippen LogP contribution is -2.15. The highest BCUT2D eigenvalue weighted by Gasteiger charge is 2.12. The normalized spacial score (nSPS) is 10.7. The van der Waals surface area contributed by atoms with Gasteiger partial charge in [0.2, 0.25) is 11.9 Å². The summed E-state index contributed by atoms with van der Waals surface area (Å²) in [6.45, 7) is 0. The van der Waals surface area contributed by atoms with Gasteiger partial charge in [-0.3, -0.25) is 20.2 Å². The van der Waals surface area contributed by atoms with Gasteiger partial charge in [0.1, 0.15) is 10.7 Å². The molecule has 7 nitrogen and oxygen atoms in total. The number of rotatable bonds is 5. The second-order valence-corrected chi connectivity index (χ2v) is 6.74. The highest BCUT2D eigenvalue weighted by Crippen LogP contribution is 2.25. The van der Waals surface area contributed by atoms with E-state index in [1.807, 2.05) is 40.4 Å². The van der Waals surface area contributed by atoms with Gasteiger partial charge in [0.15, 0.2) is 5.82 Å². The summed E-state index contributed by atoms with van der Waals surface area (Å²) in [4.78, 5) is 25.1. The smallest absolute Gasteiger partial charge is 0.249 e. The number of carbonyl (C=O) groups excluding carboxylic acids is 1. The van der Waals surface area contributed by atoms with Crippen LogP contribution in [0.1, 0.15) is 5.69 Å². The van der Waals surface area contributed by atoms with Gasteiger partial charge in [0, 0.05) is 22.5 Å². The fourth-order valence-electron chi connectivity index (χ4n) is 2.18. The maximum absolute atomic E-state index is 12.2. The van der Waals surface area contributed by atoms with Crippen molar-refractivity contribution in [1.29, 1.82) is 0 Å². The molecule has 0 aliphatic heterocycles. The summed E-state index contributed by atoms with van der Waals surface area (Å²) >= 11 is 3.15. The fourth-order valence-corrected chi connectivity index (χ4v) is 3.71.